The van der Waals surface area contributed by atoms with Crippen LogP contribution in [-0.4, -0.2) is 152 Å². The first-order valence-electron chi connectivity index (χ1n) is 31.8. The van der Waals surface area contributed by atoms with Crippen molar-refractivity contribution in [2.45, 2.75) is 211 Å². The molecule has 0 spiro atoms. The molecule has 0 radical (unpaired) electrons. The lowest BCUT2D eigenvalue weighted by Gasteiger charge is -2.30. The van der Waals surface area contributed by atoms with Crippen LogP contribution in [0.25, 0.3) is 0 Å². The Hall–Kier alpha value is -7.10. The monoisotopic (exact) mass is 1250 g/mol. The summed E-state index contributed by atoms with van der Waals surface area (Å²) in [4.78, 5) is 140. The average Bonchev–Trinajstić information content (AvgIpc) is 3.56. The lowest BCUT2D eigenvalue weighted by atomic mass is 9.98. The molecular formula is C63H108N16O10. The summed E-state index contributed by atoms with van der Waals surface area (Å²) in [6, 6.07) is 6.04. The maximum absolute atomic E-state index is 14.7. The van der Waals surface area contributed by atoms with Gasteiger partial charge in [0, 0.05) is 12.8 Å². The van der Waals surface area contributed by atoms with E-state index in [-0.39, 0.29) is 45.1 Å². The predicted octanol–water partition coefficient (Wildman–Crippen LogP) is -0.739. The number of carbonyl (C=O) groups is 10. The average molecular weight is 1250 g/mol. The van der Waals surface area contributed by atoms with Crippen LogP contribution in [0.1, 0.15) is 149 Å². The zero-order valence-corrected chi connectivity index (χ0v) is 53.5. The summed E-state index contributed by atoms with van der Waals surface area (Å²) in [6.45, 7) is 12.0. The maximum atomic E-state index is 14.7. The Morgan fingerprint density at radius 2 is 0.562 bits per heavy atom. The lowest BCUT2D eigenvalue weighted by molar-refractivity contribution is -0.137. The molecule has 23 N–H and O–H groups in total. The summed E-state index contributed by atoms with van der Waals surface area (Å²) >= 11 is 0. The SMILES string of the molecule is CC(C)[C@H](NC(=O)[C@H](CCCCN)NC(=O)[C@H](Cc1ccccc1)NC(=O)[C@@H](NC(=O)[C@@H](NC(=O)[C@H](CCCCN)NC(=O)[C@@H](N)CCCCN)C(C)C)C(C)C)C(=O)N[C@@H](CCCCN)C(=O)N[C@@H](Cc1ccccc1)C(=O)N[C@@H](CCCCN)C(N)=O. The van der Waals surface area contributed by atoms with Gasteiger partial charge in [0.15, 0.2) is 0 Å². The summed E-state index contributed by atoms with van der Waals surface area (Å²) < 4.78 is 0. The third kappa shape index (κ3) is 29.8. The van der Waals surface area contributed by atoms with Crippen LogP contribution in [0.5, 0.6) is 0 Å². The van der Waals surface area contributed by atoms with Crippen LogP contribution in [0.15, 0.2) is 60.7 Å². The van der Waals surface area contributed by atoms with Crippen molar-refractivity contribution in [1.82, 2.24) is 47.9 Å². The largest absolute Gasteiger partial charge is 0.368 e. The van der Waals surface area contributed by atoms with E-state index in [0.717, 1.165) is 0 Å². The minimum atomic E-state index is -1.32. The highest BCUT2D eigenvalue weighted by molar-refractivity contribution is 5.99. The van der Waals surface area contributed by atoms with E-state index in [1.807, 2.05) is 0 Å². The van der Waals surface area contributed by atoms with E-state index in [9.17, 15) is 47.9 Å². The number of benzene rings is 2. The van der Waals surface area contributed by atoms with Gasteiger partial charge < -0.3 is 88.0 Å². The van der Waals surface area contributed by atoms with Gasteiger partial charge >= 0.3 is 0 Å². The van der Waals surface area contributed by atoms with Gasteiger partial charge in [0.2, 0.25) is 59.1 Å². The molecule has 2 rings (SSSR count). The van der Waals surface area contributed by atoms with Crippen molar-refractivity contribution in [3.63, 3.8) is 0 Å². The van der Waals surface area contributed by atoms with E-state index < -0.39 is 137 Å². The molecular weight excluding hydrogens is 1140 g/mol. The van der Waals surface area contributed by atoms with Gasteiger partial charge in [0.05, 0.1) is 6.04 Å². The first-order chi connectivity index (χ1) is 42.4. The Balaban J connectivity index is 2.48. The van der Waals surface area contributed by atoms with Gasteiger partial charge in [-0.15, -0.1) is 0 Å². The topological polar surface area (TPSA) is 461 Å². The van der Waals surface area contributed by atoms with Crippen molar-refractivity contribution in [3.05, 3.63) is 71.8 Å². The van der Waals surface area contributed by atoms with Gasteiger partial charge in [-0.2, -0.15) is 0 Å². The molecule has 500 valence electrons. The number of hydrogen-bond donors (Lipinski definition) is 16. The van der Waals surface area contributed by atoms with Crippen molar-refractivity contribution in [2.75, 3.05) is 32.7 Å². The van der Waals surface area contributed by atoms with E-state index in [4.69, 9.17) is 40.1 Å². The summed E-state index contributed by atoms with van der Waals surface area (Å²) in [7, 11) is 0. The minimum Gasteiger partial charge on any atom is -0.368 e. The van der Waals surface area contributed by atoms with Gasteiger partial charge in [-0.3, -0.25) is 47.9 Å². The lowest BCUT2D eigenvalue weighted by Crippen LogP contribution is -2.62. The Bertz CT molecular complexity index is 2470. The van der Waals surface area contributed by atoms with Crippen molar-refractivity contribution < 1.29 is 47.9 Å². The van der Waals surface area contributed by atoms with E-state index in [1.165, 1.54) is 0 Å². The predicted molar refractivity (Wildman–Crippen MR) is 344 cm³/mol. The van der Waals surface area contributed by atoms with Gasteiger partial charge in [-0.1, -0.05) is 109 Å². The normalized spacial score (nSPS) is 14.7. The second kappa shape index (κ2) is 43.5. The van der Waals surface area contributed by atoms with Crippen LogP contribution in [0.4, 0.5) is 0 Å². The maximum Gasteiger partial charge on any atom is 0.243 e. The summed E-state index contributed by atoms with van der Waals surface area (Å²) in [5.41, 5.74) is 41.9. The van der Waals surface area contributed by atoms with Crippen LogP contribution >= 0.6 is 0 Å². The van der Waals surface area contributed by atoms with E-state index in [1.54, 1.807) is 102 Å². The number of amides is 10. The fourth-order valence-electron chi connectivity index (χ4n) is 9.80. The number of nitrogens with one attached hydrogen (secondary N) is 9. The van der Waals surface area contributed by atoms with Crippen molar-refractivity contribution >= 4 is 59.1 Å². The molecule has 0 aromatic heterocycles. The Morgan fingerprint density at radius 3 is 0.899 bits per heavy atom. The van der Waals surface area contributed by atoms with Crippen LogP contribution in [-0.2, 0) is 60.8 Å². The molecule has 0 aliphatic rings. The molecule has 2 aromatic rings. The molecule has 10 amide bonds. The molecule has 0 fully saturated rings. The number of primary amides is 1. The van der Waals surface area contributed by atoms with Crippen LogP contribution < -0.4 is 88.0 Å². The third-order valence-electron chi connectivity index (χ3n) is 15.2. The minimum absolute atomic E-state index is 0.0253. The molecule has 0 bridgehead atoms. The van der Waals surface area contributed by atoms with Gasteiger partial charge in [-0.05, 0) is 151 Å². The van der Waals surface area contributed by atoms with Crippen LogP contribution in [0.3, 0.4) is 0 Å². The molecule has 0 unspecified atom stereocenters. The van der Waals surface area contributed by atoms with E-state index in [2.05, 4.69) is 47.9 Å². The zero-order chi connectivity index (χ0) is 66.4. The number of unbranched alkanes of at least 4 members (excludes halogenated alkanes) is 5. The second-order valence-corrected chi connectivity index (χ2v) is 23.9. The Kier molecular flexibility index (Phi) is 38.2. The Morgan fingerprint density at radius 1 is 0.315 bits per heavy atom. The van der Waals surface area contributed by atoms with Gasteiger partial charge in [0.1, 0.15) is 54.4 Å². The molecule has 26 heteroatoms. The van der Waals surface area contributed by atoms with Crippen LogP contribution in [0, 0.1) is 17.8 Å². The molecule has 0 heterocycles. The van der Waals surface area contributed by atoms with E-state index in [0.29, 0.717) is 108 Å². The summed E-state index contributed by atoms with van der Waals surface area (Å²) in [5, 5.41) is 25.0. The molecule has 0 aliphatic heterocycles. The highest BCUT2D eigenvalue weighted by Gasteiger charge is 2.37. The standard InChI is InChI=1S/C63H108N16O10/c1-39(2)51(61(87)74-46(29-15-20-34-66)56(82)75-49(37-42-23-9-7-10-24-42)59(85)71-45(54(70)80)28-14-19-33-65)77-58(84)48(31-17-22-36-68)73-60(86)50(38-43-25-11-8-12-26-43)76-62(88)52(40(3)4)79-63(89)53(41(5)6)78-57(83)47(30-16-21-35-67)72-55(81)44(69)27-13-18-32-64/h7-12,23-26,39-41,44-53H,13-22,27-38,64-69H2,1-6H3,(H2,70,80)(H,71,85)(H,72,81)(H,73,86)(H,74,87)(H,75,82)(H,76,88)(H,77,84)(H,78,83)(H,79,89)/t44-,45-,46-,47-,48-,49-,50-,51-,52-,53-/m0/s1. The quantitative estimate of drug-likeness (QED) is 0.0363. The first-order valence-corrected chi connectivity index (χ1v) is 31.8. The molecule has 10 atom stereocenters. The smallest absolute Gasteiger partial charge is 0.243 e. The highest BCUT2D eigenvalue weighted by Crippen LogP contribution is 2.15. The molecule has 0 saturated heterocycles. The Labute approximate surface area is 526 Å². The third-order valence-corrected chi connectivity index (χ3v) is 15.2. The molecule has 0 aliphatic carbocycles. The fraction of sp³-hybridized carbons (Fsp3) is 0.651. The number of carbonyl (C=O) groups excluding carboxylic acids is 10. The fourth-order valence-corrected chi connectivity index (χ4v) is 9.80. The van der Waals surface area contributed by atoms with Crippen LogP contribution in [0.2, 0.25) is 0 Å². The van der Waals surface area contributed by atoms with Crippen molar-refractivity contribution in [2.24, 2.45) is 57.9 Å². The van der Waals surface area contributed by atoms with E-state index >= 15 is 0 Å². The number of nitrogens with two attached hydrogens (primary N) is 7. The van der Waals surface area contributed by atoms with Crippen molar-refractivity contribution in [3.8, 4) is 0 Å². The molecule has 26 nitrogen and oxygen atoms in total. The first kappa shape index (κ1) is 78.0. The summed E-state index contributed by atoms with van der Waals surface area (Å²) in [5.74, 6) is -8.58. The van der Waals surface area contributed by atoms with Gasteiger partial charge in [0.25, 0.3) is 0 Å². The number of hydrogen-bond acceptors (Lipinski definition) is 16. The molecule has 0 saturated carbocycles. The van der Waals surface area contributed by atoms with Gasteiger partial charge in [-0.25, -0.2) is 0 Å². The highest BCUT2D eigenvalue weighted by atomic mass is 16.2. The second-order valence-electron chi connectivity index (χ2n) is 23.9. The molecule has 89 heavy (non-hydrogen) atoms. The zero-order valence-electron chi connectivity index (χ0n) is 53.5. The van der Waals surface area contributed by atoms with Crippen molar-refractivity contribution in [1.29, 1.82) is 0 Å². The summed E-state index contributed by atoms with van der Waals surface area (Å²) in [6.07, 6.45) is 6.17. The molecule has 2 aromatic carbocycles. The number of rotatable bonds is 46.